The molecule has 0 aliphatic heterocycles. The SMILES string of the molecule is CCC(C#N)(CC)C(=O)Nc1c(F)cc(F)cc1Br. The number of carbonyl (C=O) groups excluding carboxylic acids is 1. The Morgan fingerprint density at radius 3 is 2.42 bits per heavy atom. The van der Waals surface area contributed by atoms with Crippen LogP contribution in [0, 0.1) is 28.4 Å². The standard InChI is InChI=1S/C13H13BrF2N2O/c1-3-13(4-2,7-17)12(19)18-11-9(14)5-8(15)6-10(11)16/h5-6H,3-4H2,1-2H3,(H,18,19). The maximum Gasteiger partial charge on any atom is 0.244 e. The fraction of sp³-hybridized carbons (Fsp3) is 0.385. The fourth-order valence-corrected chi connectivity index (χ4v) is 2.18. The average molecular weight is 331 g/mol. The number of amides is 1. The lowest BCUT2D eigenvalue weighted by atomic mass is 9.83. The maximum atomic E-state index is 13.6. The quantitative estimate of drug-likeness (QED) is 0.907. The second kappa shape index (κ2) is 6.11. The molecule has 3 nitrogen and oxygen atoms in total. The molecule has 0 atom stereocenters. The van der Waals surface area contributed by atoms with Crippen molar-refractivity contribution in [1.29, 1.82) is 5.26 Å². The van der Waals surface area contributed by atoms with Gasteiger partial charge in [0, 0.05) is 10.5 Å². The molecule has 0 aliphatic carbocycles. The third kappa shape index (κ3) is 3.10. The first-order valence-corrected chi connectivity index (χ1v) is 6.56. The second-order valence-corrected chi connectivity index (χ2v) is 4.95. The predicted octanol–water partition coefficient (Wildman–Crippen LogP) is 4.00. The molecule has 0 bridgehead atoms. The van der Waals surface area contributed by atoms with Crippen molar-refractivity contribution in [2.24, 2.45) is 5.41 Å². The van der Waals surface area contributed by atoms with Gasteiger partial charge >= 0.3 is 0 Å². The summed E-state index contributed by atoms with van der Waals surface area (Å²) in [6, 6.07) is 3.68. The zero-order chi connectivity index (χ0) is 14.6. The first kappa shape index (κ1) is 15.6. The van der Waals surface area contributed by atoms with E-state index in [9.17, 15) is 13.6 Å². The molecule has 0 aromatic heterocycles. The van der Waals surface area contributed by atoms with Crippen LogP contribution in [-0.4, -0.2) is 5.91 Å². The summed E-state index contributed by atoms with van der Waals surface area (Å²) in [4.78, 5) is 12.1. The highest BCUT2D eigenvalue weighted by atomic mass is 79.9. The Hall–Kier alpha value is -1.48. The molecule has 0 spiro atoms. The lowest BCUT2D eigenvalue weighted by Gasteiger charge is -2.22. The lowest BCUT2D eigenvalue weighted by molar-refractivity contribution is -0.123. The van der Waals surface area contributed by atoms with E-state index in [-0.39, 0.29) is 10.2 Å². The highest BCUT2D eigenvalue weighted by molar-refractivity contribution is 9.10. The summed E-state index contributed by atoms with van der Waals surface area (Å²) in [5, 5.41) is 11.5. The number of rotatable bonds is 4. The maximum absolute atomic E-state index is 13.6. The van der Waals surface area contributed by atoms with Crippen LogP contribution in [0.1, 0.15) is 26.7 Å². The lowest BCUT2D eigenvalue weighted by Crippen LogP contribution is -2.34. The van der Waals surface area contributed by atoms with E-state index in [0.717, 1.165) is 6.07 Å². The van der Waals surface area contributed by atoms with Crippen LogP contribution in [0.2, 0.25) is 0 Å². The minimum Gasteiger partial charge on any atom is -0.321 e. The fourth-order valence-electron chi connectivity index (χ4n) is 1.67. The van der Waals surface area contributed by atoms with E-state index in [1.54, 1.807) is 13.8 Å². The van der Waals surface area contributed by atoms with E-state index in [4.69, 9.17) is 5.26 Å². The highest BCUT2D eigenvalue weighted by Crippen LogP contribution is 2.31. The molecule has 0 heterocycles. The van der Waals surface area contributed by atoms with Gasteiger partial charge < -0.3 is 5.32 Å². The van der Waals surface area contributed by atoms with Crippen molar-refractivity contribution < 1.29 is 13.6 Å². The molecule has 0 fully saturated rings. The number of halogens is 3. The van der Waals surface area contributed by atoms with Gasteiger partial charge in [-0.15, -0.1) is 0 Å². The Bertz CT molecular complexity index is 513. The Morgan fingerprint density at radius 2 is 2.00 bits per heavy atom. The molecule has 1 aromatic carbocycles. The molecule has 6 heteroatoms. The molecule has 1 rings (SSSR count). The van der Waals surface area contributed by atoms with Crippen molar-refractivity contribution in [3.63, 3.8) is 0 Å². The molecular formula is C13H13BrF2N2O. The van der Waals surface area contributed by atoms with Crippen LogP contribution in [0.5, 0.6) is 0 Å². The molecule has 1 amide bonds. The molecule has 0 radical (unpaired) electrons. The number of hydrogen-bond donors (Lipinski definition) is 1. The summed E-state index contributed by atoms with van der Waals surface area (Å²) in [5.74, 6) is -2.23. The van der Waals surface area contributed by atoms with Gasteiger partial charge in [-0.05, 0) is 34.8 Å². The largest absolute Gasteiger partial charge is 0.321 e. The van der Waals surface area contributed by atoms with E-state index < -0.39 is 23.0 Å². The van der Waals surface area contributed by atoms with Crippen molar-refractivity contribution in [3.8, 4) is 6.07 Å². The van der Waals surface area contributed by atoms with Crippen LogP contribution in [0.4, 0.5) is 14.5 Å². The van der Waals surface area contributed by atoms with Gasteiger partial charge in [-0.25, -0.2) is 8.78 Å². The van der Waals surface area contributed by atoms with Gasteiger partial charge in [-0.2, -0.15) is 5.26 Å². The normalized spacial score (nSPS) is 10.9. The zero-order valence-electron chi connectivity index (χ0n) is 10.6. The molecular weight excluding hydrogens is 318 g/mol. The second-order valence-electron chi connectivity index (χ2n) is 4.10. The Balaban J connectivity index is 3.11. The van der Waals surface area contributed by atoms with Gasteiger partial charge in [0.05, 0.1) is 11.8 Å². The molecule has 0 saturated carbocycles. The third-order valence-electron chi connectivity index (χ3n) is 3.10. The minimum absolute atomic E-state index is 0.0948. The molecule has 1 aromatic rings. The number of nitrogens with one attached hydrogen (secondary N) is 1. The topological polar surface area (TPSA) is 52.9 Å². The van der Waals surface area contributed by atoms with Crippen LogP contribution >= 0.6 is 15.9 Å². The monoisotopic (exact) mass is 330 g/mol. The first-order valence-electron chi connectivity index (χ1n) is 5.77. The van der Waals surface area contributed by atoms with Crippen molar-refractivity contribution in [2.45, 2.75) is 26.7 Å². The third-order valence-corrected chi connectivity index (χ3v) is 3.73. The van der Waals surface area contributed by atoms with Gasteiger partial charge in [0.2, 0.25) is 5.91 Å². The van der Waals surface area contributed by atoms with Crippen LogP contribution < -0.4 is 5.32 Å². The molecule has 1 N–H and O–H groups in total. The molecule has 0 unspecified atom stereocenters. The number of anilines is 1. The summed E-state index contributed by atoms with van der Waals surface area (Å²) in [5.41, 5.74) is -1.37. The summed E-state index contributed by atoms with van der Waals surface area (Å²) < 4.78 is 26.6. The van der Waals surface area contributed by atoms with Gasteiger partial charge in [0.15, 0.2) is 5.82 Å². The van der Waals surface area contributed by atoms with Gasteiger partial charge in [0.1, 0.15) is 11.2 Å². The predicted molar refractivity (Wildman–Crippen MR) is 71.3 cm³/mol. The van der Waals surface area contributed by atoms with Crippen LogP contribution in [0.25, 0.3) is 0 Å². The van der Waals surface area contributed by atoms with E-state index >= 15 is 0 Å². The van der Waals surface area contributed by atoms with E-state index in [1.165, 1.54) is 0 Å². The van der Waals surface area contributed by atoms with Crippen LogP contribution in [0.15, 0.2) is 16.6 Å². The number of benzene rings is 1. The summed E-state index contributed by atoms with van der Waals surface area (Å²) >= 11 is 2.98. The Morgan fingerprint density at radius 1 is 1.42 bits per heavy atom. The molecule has 19 heavy (non-hydrogen) atoms. The summed E-state index contributed by atoms with van der Waals surface area (Å²) in [7, 11) is 0. The Kier molecular flexibility index (Phi) is 5.01. The van der Waals surface area contributed by atoms with E-state index in [2.05, 4.69) is 21.2 Å². The average Bonchev–Trinajstić information content (AvgIpc) is 2.36. The number of hydrogen-bond acceptors (Lipinski definition) is 2. The Labute approximate surface area is 118 Å². The van der Waals surface area contributed by atoms with Gasteiger partial charge in [-0.1, -0.05) is 13.8 Å². The smallest absolute Gasteiger partial charge is 0.244 e. The minimum atomic E-state index is -1.21. The van der Waals surface area contributed by atoms with Crippen molar-refractivity contribution >= 4 is 27.5 Å². The highest BCUT2D eigenvalue weighted by Gasteiger charge is 2.35. The zero-order valence-corrected chi connectivity index (χ0v) is 12.1. The van der Waals surface area contributed by atoms with Crippen LogP contribution in [0.3, 0.4) is 0 Å². The molecule has 0 aliphatic rings. The molecule has 102 valence electrons. The number of nitriles is 1. The van der Waals surface area contributed by atoms with Crippen molar-refractivity contribution in [1.82, 2.24) is 0 Å². The number of carbonyl (C=O) groups is 1. The van der Waals surface area contributed by atoms with Crippen molar-refractivity contribution in [2.75, 3.05) is 5.32 Å². The summed E-state index contributed by atoms with van der Waals surface area (Å²) in [6.07, 6.45) is 0.624. The van der Waals surface area contributed by atoms with Gasteiger partial charge in [-0.3, -0.25) is 4.79 Å². The van der Waals surface area contributed by atoms with Gasteiger partial charge in [0.25, 0.3) is 0 Å². The number of nitrogens with zero attached hydrogens (tertiary/aromatic N) is 1. The molecule has 0 saturated heterocycles. The van der Waals surface area contributed by atoms with Crippen molar-refractivity contribution in [3.05, 3.63) is 28.2 Å². The first-order chi connectivity index (χ1) is 8.90. The summed E-state index contributed by atoms with van der Waals surface area (Å²) in [6.45, 7) is 3.42. The van der Waals surface area contributed by atoms with Crippen LogP contribution in [-0.2, 0) is 4.79 Å². The van der Waals surface area contributed by atoms with E-state index in [1.807, 2.05) is 6.07 Å². The van der Waals surface area contributed by atoms with E-state index in [0.29, 0.717) is 18.9 Å².